The molecule has 2 heterocycles. The third-order valence-corrected chi connectivity index (χ3v) is 14.2. The lowest BCUT2D eigenvalue weighted by Gasteiger charge is -2.47. The molecule has 68 heavy (non-hydrogen) atoms. The van der Waals surface area contributed by atoms with Crippen LogP contribution in [0.2, 0.25) is 0 Å². The van der Waals surface area contributed by atoms with Crippen LogP contribution in [0.25, 0.3) is 0 Å². The van der Waals surface area contributed by atoms with Crippen molar-refractivity contribution in [3.05, 3.63) is 156 Å². The summed E-state index contributed by atoms with van der Waals surface area (Å²) in [5.74, 6) is 0.439. The number of hydrogen-bond acceptors (Lipinski definition) is 8. The van der Waals surface area contributed by atoms with Gasteiger partial charge in [-0.2, -0.15) is 0 Å². The summed E-state index contributed by atoms with van der Waals surface area (Å²) in [7, 11) is 0. The van der Waals surface area contributed by atoms with E-state index in [1.54, 1.807) is 12.1 Å². The number of carbonyl (C=O) groups is 2. The number of unbranched alkanes of at least 4 members (excludes halogenated alkanes) is 9. The molecule has 4 aromatic carbocycles. The molecule has 0 radical (unpaired) electrons. The van der Waals surface area contributed by atoms with Gasteiger partial charge in [0.15, 0.2) is 0 Å². The molecule has 2 aliphatic rings. The maximum Gasteiger partial charge on any atom is 0.251 e. The zero-order valence-corrected chi connectivity index (χ0v) is 41.5. The van der Waals surface area contributed by atoms with E-state index in [-0.39, 0.29) is 35.4 Å². The van der Waals surface area contributed by atoms with Crippen LogP contribution in [-0.4, -0.2) is 118 Å². The molecule has 0 aromatic heterocycles. The Morgan fingerprint density at radius 3 is 1.21 bits per heavy atom. The first kappa shape index (κ1) is 52.1. The zero-order chi connectivity index (χ0) is 48.4. The van der Waals surface area contributed by atoms with Gasteiger partial charge in [0, 0.05) is 87.7 Å². The van der Waals surface area contributed by atoms with E-state index in [1.807, 2.05) is 60.7 Å². The Balaban J connectivity index is 0.836. The van der Waals surface area contributed by atoms with Crippen molar-refractivity contribution < 1.29 is 19.8 Å². The summed E-state index contributed by atoms with van der Waals surface area (Å²) >= 11 is 0. The molecule has 2 fully saturated rings. The summed E-state index contributed by atoms with van der Waals surface area (Å²) in [6.07, 6.45) is 15.3. The van der Waals surface area contributed by atoms with Crippen LogP contribution in [0.15, 0.2) is 122 Å². The van der Waals surface area contributed by atoms with Crippen molar-refractivity contribution in [1.29, 1.82) is 0 Å². The van der Waals surface area contributed by atoms with Crippen molar-refractivity contribution >= 4 is 11.8 Å². The second-order valence-electron chi connectivity index (χ2n) is 19.6. The Kier molecular flexibility index (Phi) is 20.3. The molecule has 6 rings (SSSR count). The molecule has 6 atom stereocenters. The summed E-state index contributed by atoms with van der Waals surface area (Å²) < 4.78 is 0. The predicted octanol–water partition coefficient (Wildman–Crippen LogP) is 10.5. The van der Waals surface area contributed by atoms with E-state index in [2.05, 4.69) is 107 Å². The first-order valence-corrected chi connectivity index (χ1v) is 25.5. The molecule has 2 saturated heterocycles. The lowest BCUT2D eigenvalue weighted by Crippen LogP contribution is -2.57. The molecule has 4 aromatic rings. The highest BCUT2D eigenvalue weighted by Gasteiger charge is 2.36. The van der Waals surface area contributed by atoms with E-state index in [0.717, 1.165) is 87.2 Å². The number of rotatable bonds is 25. The number of benzene rings is 4. The minimum absolute atomic E-state index is 0.0360. The summed E-state index contributed by atoms with van der Waals surface area (Å²) in [4.78, 5) is 36.2. The van der Waals surface area contributed by atoms with E-state index in [1.165, 1.54) is 38.5 Å². The van der Waals surface area contributed by atoms with Gasteiger partial charge in [0.25, 0.3) is 11.8 Å². The van der Waals surface area contributed by atoms with Crippen LogP contribution < -0.4 is 10.6 Å². The van der Waals surface area contributed by atoms with Gasteiger partial charge in [-0.05, 0) is 111 Å². The first-order chi connectivity index (χ1) is 33.0. The summed E-state index contributed by atoms with van der Waals surface area (Å²) in [6.45, 7) is 23.7. The van der Waals surface area contributed by atoms with Gasteiger partial charge in [-0.15, -0.1) is 13.2 Å². The molecular weight excluding hydrogens is 845 g/mol. The zero-order valence-electron chi connectivity index (χ0n) is 41.5. The fourth-order valence-electron chi connectivity index (χ4n) is 10.5. The molecular formula is C58H80N6O4. The number of amides is 2. The lowest BCUT2D eigenvalue weighted by molar-refractivity contribution is 0.0306. The van der Waals surface area contributed by atoms with Gasteiger partial charge in [-0.3, -0.25) is 29.2 Å². The number of phenolic OH excluding ortho intramolecular Hbond substituents is 2. The SMILES string of the molecule is C=CCN1C[C@@H](C)N([C@H](c2ccc(C(=O)NCCCCCCCCCCCCNC(=O)c3ccc([C@H](c4cccc(O)c4)N4C[C@H](C)N(CC=C)C[C@H]4C)cc3)cc2)c2cccc(O)c2)C[C@@H]1C. The minimum atomic E-state index is -0.0378. The topological polar surface area (TPSA) is 112 Å². The van der Waals surface area contributed by atoms with E-state index < -0.39 is 0 Å². The molecule has 2 amide bonds. The molecule has 0 saturated carbocycles. The van der Waals surface area contributed by atoms with Crippen LogP contribution >= 0.6 is 0 Å². The van der Waals surface area contributed by atoms with E-state index >= 15 is 0 Å². The van der Waals surface area contributed by atoms with E-state index in [0.29, 0.717) is 48.4 Å². The molecule has 0 spiro atoms. The highest BCUT2D eigenvalue weighted by atomic mass is 16.3. The first-order valence-electron chi connectivity index (χ1n) is 25.5. The maximum atomic E-state index is 13.1. The Morgan fingerprint density at radius 1 is 0.515 bits per heavy atom. The molecule has 2 aliphatic heterocycles. The van der Waals surface area contributed by atoms with Gasteiger partial charge >= 0.3 is 0 Å². The Labute approximate surface area is 408 Å². The normalized spacial score (nSPS) is 20.4. The average molecular weight is 925 g/mol. The van der Waals surface area contributed by atoms with Crippen LogP contribution in [0.1, 0.15) is 147 Å². The van der Waals surface area contributed by atoms with Crippen molar-refractivity contribution in [2.75, 3.05) is 52.4 Å². The van der Waals surface area contributed by atoms with Gasteiger partial charge in [-0.1, -0.05) is 112 Å². The van der Waals surface area contributed by atoms with Crippen molar-refractivity contribution in [3.8, 4) is 11.5 Å². The van der Waals surface area contributed by atoms with Gasteiger partial charge in [0.1, 0.15) is 11.5 Å². The maximum absolute atomic E-state index is 13.1. The van der Waals surface area contributed by atoms with Gasteiger partial charge in [-0.25, -0.2) is 0 Å². The second-order valence-corrected chi connectivity index (χ2v) is 19.6. The van der Waals surface area contributed by atoms with Crippen LogP contribution in [0.5, 0.6) is 11.5 Å². The number of piperazine rings is 2. The van der Waals surface area contributed by atoms with Crippen molar-refractivity contribution in [2.24, 2.45) is 0 Å². The monoisotopic (exact) mass is 925 g/mol. The molecule has 0 bridgehead atoms. The molecule has 10 nitrogen and oxygen atoms in total. The smallest absolute Gasteiger partial charge is 0.251 e. The number of phenols is 2. The quantitative estimate of drug-likeness (QED) is 0.0384. The molecule has 366 valence electrons. The van der Waals surface area contributed by atoms with E-state index in [4.69, 9.17) is 0 Å². The molecule has 0 unspecified atom stereocenters. The van der Waals surface area contributed by atoms with Crippen molar-refractivity contribution in [3.63, 3.8) is 0 Å². The highest BCUT2D eigenvalue weighted by Crippen LogP contribution is 2.36. The Bertz CT molecular complexity index is 2040. The highest BCUT2D eigenvalue weighted by molar-refractivity contribution is 5.94. The van der Waals surface area contributed by atoms with Crippen LogP contribution in [-0.2, 0) is 0 Å². The molecule has 10 heteroatoms. The van der Waals surface area contributed by atoms with Gasteiger partial charge < -0.3 is 20.8 Å². The summed E-state index contributed by atoms with van der Waals surface area (Å²) in [5.41, 5.74) is 5.64. The average Bonchev–Trinajstić information content (AvgIpc) is 3.33. The van der Waals surface area contributed by atoms with Crippen LogP contribution in [0, 0.1) is 0 Å². The van der Waals surface area contributed by atoms with Crippen molar-refractivity contribution in [1.82, 2.24) is 30.2 Å². The van der Waals surface area contributed by atoms with Crippen molar-refractivity contribution in [2.45, 2.75) is 128 Å². The lowest BCUT2D eigenvalue weighted by atomic mass is 9.92. The third kappa shape index (κ3) is 14.6. The Morgan fingerprint density at radius 2 is 0.868 bits per heavy atom. The molecule has 4 N–H and O–H groups in total. The van der Waals surface area contributed by atoms with Crippen LogP contribution in [0.3, 0.4) is 0 Å². The third-order valence-electron chi connectivity index (χ3n) is 14.2. The predicted molar refractivity (Wildman–Crippen MR) is 278 cm³/mol. The minimum Gasteiger partial charge on any atom is -0.508 e. The largest absolute Gasteiger partial charge is 0.508 e. The molecule has 0 aliphatic carbocycles. The van der Waals surface area contributed by atoms with E-state index in [9.17, 15) is 19.8 Å². The Hall–Kier alpha value is -5.26. The summed E-state index contributed by atoms with van der Waals surface area (Å²) in [5, 5.41) is 27.0. The van der Waals surface area contributed by atoms with Crippen LogP contribution in [0.4, 0.5) is 0 Å². The fraction of sp³-hybridized carbons (Fsp3) is 0.483. The number of nitrogens with one attached hydrogen (secondary N) is 2. The van der Waals surface area contributed by atoms with Gasteiger partial charge in [0.2, 0.25) is 0 Å². The number of aromatic hydroxyl groups is 2. The second kappa shape index (κ2) is 26.5. The fourth-order valence-corrected chi connectivity index (χ4v) is 10.5. The number of hydrogen-bond donors (Lipinski definition) is 4. The van der Waals surface area contributed by atoms with Gasteiger partial charge in [0.05, 0.1) is 12.1 Å². The standard InChI is InChI=1S/C58H80N6O4/c1-7-35-61-39-45(5)63(41-43(61)3)55(51-21-19-23-53(65)37-51)47-25-29-49(30-26-47)57(67)59-33-17-15-13-11-9-10-12-14-16-18-34-60-58(68)50-31-27-48(28-32-50)56(52-22-20-24-54(66)38-52)64-42-44(4)62(36-8-2)40-46(64)6/h7-8,19-32,37-38,43-46,55-56,65-66H,1-2,9-18,33-36,39-42H2,3-6H3,(H,59,67)(H,60,68)/t43-,44-,45+,46+,55+,56+/m0/s1. The summed E-state index contributed by atoms with van der Waals surface area (Å²) in [6, 6.07) is 32.4. The number of nitrogens with zero attached hydrogens (tertiary/aromatic N) is 4. The number of carbonyl (C=O) groups excluding carboxylic acids is 2.